The van der Waals surface area contributed by atoms with Crippen LogP contribution >= 0.6 is 0 Å². The minimum Gasteiger partial charge on any atom is -1.00 e. The van der Waals surface area contributed by atoms with Gasteiger partial charge in [-0.25, -0.2) is 4.79 Å². The topological polar surface area (TPSA) is 74.6 Å². The first-order valence-corrected chi connectivity index (χ1v) is 2.05. The maximum atomic E-state index is 9.25. The molecule has 10 heavy (non-hydrogen) atoms. The molecule has 0 spiro atoms. The predicted octanol–water partition coefficient (Wildman–Crippen LogP) is -2.54. The predicted molar refractivity (Wildman–Crippen MR) is 32.3 cm³/mol. The molecule has 0 aliphatic rings. The van der Waals surface area contributed by atoms with Crippen LogP contribution in [0.15, 0.2) is 12.7 Å². The van der Waals surface area contributed by atoms with E-state index in [0.29, 0.717) is 0 Å². The van der Waals surface area contributed by atoms with E-state index in [1.165, 1.54) is 0 Å². The van der Waals surface area contributed by atoms with E-state index in [9.17, 15) is 4.79 Å². The summed E-state index contributed by atoms with van der Waals surface area (Å²) in [6, 6.07) is 0. The maximum absolute atomic E-state index is 9.25. The number of carbonyl (C=O) groups is 2. The van der Waals surface area contributed by atoms with Gasteiger partial charge in [0.05, 0.1) is 0 Å². The first-order chi connectivity index (χ1) is 4.00. The molecule has 0 aromatic rings. The molecule has 0 amide bonds. The normalized spacial score (nSPS) is 5.70. The average molecular weight is 156 g/mol. The van der Waals surface area contributed by atoms with Crippen LogP contribution in [-0.4, -0.2) is 22.2 Å². The minimum atomic E-state index is -0.981. The molecule has 0 saturated heterocycles. The molecule has 0 aliphatic carbocycles. The quantitative estimate of drug-likeness (QED) is 0.324. The van der Waals surface area contributed by atoms with E-state index in [1.807, 2.05) is 0 Å². The van der Waals surface area contributed by atoms with Crippen LogP contribution in [0.25, 0.3) is 0 Å². The van der Waals surface area contributed by atoms with Crippen LogP contribution in [0.5, 0.6) is 0 Å². The molecule has 0 radical (unpaired) electrons. The summed E-state index contributed by atoms with van der Waals surface area (Å²) in [4.78, 5) is 18.2. The van der Waals surface area contributed by atoms with Gasteiger partial charge in [0.2, 0.25) is 0 Å². The van der Waals surface area contributed by atoms with Crippen LogP contribution in [0.2, 0.25) is 0 Å². The van der Waals surface area contributed by atoms with Gasteiger partial charge in [-0.05, 0) is 0 Å². The monoisotopic (exact) mass is 156 g/mol. The van der Waals surface area contributed by atoms with E-state index in [-0.39, 0.29) is 31.0 Å². The Balaban J connectivity index is -0.0000000383. The Hall–Kier alpha value is -0.320. The fourth-order valence-electron chi connectivity index (χ4n) is 0. The molecule has 54 valence electrons. The van der Waals surface area contributed by atoms with Crippen LogP contribution in [-0.2, 0) is 9.59 Å². The van der Waals surface area contributed by atoms with E-state index >= 15 is 0 Å². The van der Waals surface area contributed by atoms with Crippen LogP contribution in [0.4, 0.5) is 0 Å². The zero-order chi connectivity index (χ0) is 7.86. The van der Waals surface area contributed by atoms with Crippen molar-refractivity contribution in [3.05, 3.63) is 12.7 Å². The second-order valence-electron chi connectivity index (χ2n) is 1.06. The third-order valence-corrected chi connectivity index (χ3v) is 0.175. The molecular weight excluding hydrogens is 147 g/mol. The van der Waals surface area contributed by atoms with Crippen molar-refractivity contribution in [3.8, 4) is 0 Å². The summed E-state index contributed by atoms with van der Waals surface area (Å²) >= 11 is 0. The van der Waals surface area contributed by atoms with Crippen molar-refractivity contribution >= 4 is 11.9 Å². The zero-order valence-electron chi connectivity index (χ0n) is 7.00. The molecule has 0 unspecified atom stereocenters. The van der Waals surface area contributed by atoms with Gasteiger partial charge in [-0.3, -0.25) is 4.79 Å². The van der Waals surface area contributed by atoms with E-state index < -0.39 is 11.9 Å². The second kappa shape index (κ2) is 11.5. The average Bonchev–Trinajstić information content (AvgIpc) is 1.65. The number of hydrogen-bond acceptors (Lipinski definition) is 2. The number of rotatable bonds is 1. The molecule has 0 fully saturated rings. The Labute approximate surface area is 82.3 Å². The van der Waals surface area contributed by atoms with Crippen molar-refractivity contribution in [2.75, 3.05) is 0 Å². The third-order valence-electron chi connectivity index (χ3n) is 0.175. The molecule has 5 heteroatoms. The number of aliphatic carboxylic acids is 2. The van der Waals surface area contributed by atoms with E-state index in [0.717, 1.165) is 13.0 Å². The van der Waals surface area contributed by atoms with Crippen LogP contribution in [0, 0.1) is 0 Å². The second-order valence-corrected chi connectivity index (χ2v) is 1.06. The Morgan fingerprint density at radius 2 is 1.60 bits per heavy atom. The summed E-state index contributed by atoms with van der Waals surface area (Å²) in [5, 5.41) is 15.0. The molecule has 0 aromatic carbocycles. The van der Waals surface area contributed by atoms with Crippen molar-refractivity contribution in [3.63, 3.8) is 0 Å². The van der Waals surface area contributed by atoms with Crippen molar-refractivity contribution in [2.45, 2.75) is 6.92 Å². The van der Waals surface area contributed by atoms with Gasteiger partial charge in [-0.2, -0.15) is 0 Å². The van der Waals surface area contributed by atoms with E-state index in [4.69, 9.17) is 15.0 Å². The van der Waals surface area contributed by atoms with Gasteiger partial charge in [0, 0.05) is 13.0 Å². The van der Waals surface area contributed by atoms with Gasteiger partial charge in [0.25, 0.3) is 5.97 Å². The Kier molecular flexibility index (Phi) is 18.8. The van der Waals surface area contributed by atoms with Crippen molar-refractivity contribution in [2.24, 2.45) is 0 Å². The van der Waals surface area contributed by atoms with E-state index in [1.54, 1.807) is 0 Å². The van der Waals surface area contributed by atoms with Gasteiger partial charge in [-0.1, -0.05) is 6.58 Å². The Morgan fingerprint density at radius 1 is 1.50 bits per heavy atom. The molecule has 2 N–H and O–H groups in total. The number of hydrogen-bond donors (Lipinski definition) is 2. The minimum absolute atomic E-state index is 0. The van der Waals surface area contributed by atoms with Crippen LogP contribution in [0.3, 0.4) is 0 Å². The van der Waals surface area contributed by atoms with Gasteiger partial charge in [0.15, 0.2) is 0 Å². The SMILES string of the molecule is C=CC(=O)O.CC(=O)O.[H-].[Na+]. The number of carboxylic acid groups (broad SMARTS) is 2. The summed E-state index contributed by atoms with van der Waals surface area (Å²) in [5.74, 6) is -1.81. The van der Waals surface area contributed by atoms with Gasteiger partial charge in [0.1, 0.15) is 0 Å². The molecule has 0 saturated carbocycles. The molecule has 0 aromatic heterocycles. The summed E-state index contributed by atoms with van der Waals surface area (Å²) in [7, 11) is 0. The molecule has 0 bridgehead atoms. The maximum Gasteiger partial charge on any atom is 1.00 e. The zero-order valence-corrected chi connectivity index (χ0v) is 8.00. The molecule has 4 nitrogen and oxygen atoms in total. The standard InChI is InChI=1S/C3H4O2.C2H4O2.Na.H/c1-2-3(4)5;1-2(3)4;;/h2H,1H2,(H,4,5);1H3,(H,3,4);;/q;;+1;-1. The van der Waals surface area contributed by atoms with Crippen LogP contribution in [0.1, 0.15) is 8.35 Å². The largest absolute Gasteiger partial charge is 1.00 e. The number of carboxylic acids is 2. The summed E-state index contributed by atoms with van der Waals surface area (Å²) < 4.78 is 0. The van der Waals surface area contributed by atoms with Crippen molar-refractivity contribution in [1.82, 2.24) is 0 Å². The Morgan fingerprint density at radius 3 is 1.60 bits per heavy atom. The van der Waals surface area contributed by atoms with Gasteiger partial charge >= 0.3 is 35.5 Å². The molecule has 0 aliphatic heterocycles. The fraction of sp³-hybridized carbons (Fsp3) is 0.200. The van der Waals surface area contributed by atoms with Gasteiger partial charge in [-0.15, -0.1) is 0 Å². The first-order valence-electron chi connectivity index (χ1n) is 2.05. The summed E-state index contributed by atoms with van der Waals surface area (Å²) in [6.45, 7) is 4.04. The van der Waals surface area contributed by atoms with Crippen molar-refractivity contribution in [1.29, 1.82) is 0 Å². The van der Waals surface area contributed by atoms with E-state index in [2.05, 4.69) is 6.58 Å². The Bertz CT molecular complexity index is 122. The summed E-state index contributed by atoms with van der Waals surface area (Å²) in [5.41, 5.74) is 0. The van der Waals surface area contributed by atoms with Crippen molar-refractivity contribution < 1.29 is 50.8 Å². The smallest absolute Gasteiger partial charge is 1.00 e. The molecule has 0 heterocycles. The molecule has 0 atom stereocenters. The molecule has 0 rings (SSSR count). The fourth-order valence-corrected chi connectivity index (χ4v) is 0. The first kappa shape index (κ1) is 16.3. The van der Waals surface area contributed by atoms with Crippen LogP contribution < -0.4 is 29.6 Å². The third kappa shape index (κ3) is 121. The summed E-state index contributed by atoms with van der Waals surface area (Å²) in [6.07, 6.45) is 0.833. The van der Waals surface area contributed by atoms with Gasteiger partial charge < -0.3 is 11.6 Å². The molecular formula is C5H9NaO4.